The van der Waals surface area contributed by atoms with Gasteiger partial charge in [-0.1, -0.05) is 0 Å². The Morgan fingerprint density at radius 3 is 2.90 bits per heavy atom. The van der Waals surface area contributed by atoms with Crippen molar-refractivity contribution in [3.63, 3.8) is 0 Å². The van der Waals surface area contributed by atoms with Gasteiger partial charge < -0.3 is 19.9 Å². The third-order valence-corrected chi connectivity index (χ3v) is 4.17. The van der Waals surface area contributed by atoms with E-state index in [1.54, 1.807) is 4.57 Å². The number of carboxylic acids is 1. The van der Waals surface area contributed by atoms with Crippen LogP contribution in [0.5, 0.6) is 0 Å². The molecule has 2 bridgehead atoms. The van der Waals surface area contributed by atoms with E-state index in [1.165, 1.54) is 18.9 Å². The van der Waals surface area contributed by atoms with Crippen LogP contribution in [-0.4, -0.2) is 50.7 Å². The number of imidazole rings is 1. The topological polar surface area (TPSA) is 87.5 Å². The first-order chi connectivity index (χ1) is 9.63. The van der Waals surface area contributed by atoms with Crippen molar-refractivity contribution >= 4 is 12.0 Å². The standard InChI is InChI=1S/C13H18N4O3/c18-12(19)11-7-16(8-15-11)4-3-14-13(20)17-6-9-1-2-10(17)5-9/h7-10H,1-6H2,(H,14,20)(H,18,19). The molecule has 1 aliphatic carbocycles. The normalized spacial score (nSPS) is 24.1. The number of carboxylic acid groups (broad SMARTS) is 1. The summed E-state index contributed by atoms with van der Waals surface area (Å²) in [6, 6.07) is 0.419. The van der Waals surface area contributed by atoms with Crippen molar-refractivity contribution in [3.8, 4) is 0 Å². The number of fused-ring (bicyclic) bond motifs is 2. The van der Waals surface area contributed by atoms with Crippen molar-refractivity contribution in [2.45, 2.75) is 31.8 Å². The highest BCUT2D eigenvalue weighted by molar-refractivity contribution is 5.84. The smallest absolute Gasteiger partial charge is 0.356 e. The molecule has 1 aliphatic heterocycles. The maximum atomic E-state index is 12.0. The molecule has 7 nitrogen and oxygen atoms in total. The second-order valence-corrected chi connectivity index (χ2v) is 5.52. The fourth-order valence-electron chi connectivity index (χ4n) is 3.16. The number of hydrogen-bond donors (Lipinski definition) is 2. The molecular formula is C13H18N4O3. The maximum Gasteiger partial charge on any atom is 0.356 e. The number of aromatic carboxylic acids is 1. The summed E-state index contributed by atoms with van der Waals surface area (Å²) in [5, 5.41) is 11.7. The SMILES string of the molecule is O=C(O)c1cn(CCNC(=O)N2CC3CCC2C3)cn1. The quantitative estimate of drug-likeness (QED) is 0.851. The number of aromatic nitrogens is 2. The second kappa shape index (κ2) is 5.15. The summed E-state index contributed by atoms with van der Waals surface area (Å²) >= 11 is 0. The van der Waals surface area contributed by atoms with Gasteiger partial charge in [0.15, 0.2) is 5.69 Å². The summed E-state index contributed by atoms with van der Waals surface area (Å²) in [6.45, 7) is 1.88. The molecule has 20 heavy (non-hydrogen) atoms. The summed E-state index contributed by atoms with van der Waals surface area (Å²) in [7, 11) is 0. The molecule has 1 aromatic heterocycles. The Morgan fingerprint density at radius 2 is 2.30 bits per heavy atom. The molecule has 2 heterocycles. The Balaban J connectivity index is 1.45. The Hall–Kier alpha value is -2.05. The van der Waals surface area contributed by atoms with Crippen LogP contribution in [0.4, 0.5) is 4.79 Å². The van der Waals surface area contributed by atoms with Gasteiger partial charge in [0.1, 0.15) is 0 Å². The Bertz CT molecular complexity index is 527. The average molecular weight is 278 g/mol. The molecule has 2 amide bonds. The number of hydrogen-bond acceptors (Lipinski definition) is 3. The molecule has 2 atom stereocenters. The molecule has 0 radical (unpaired) electrons. The lowest BCUT2D eigenvalue weighted by Gasteiger charge is -2.27. The molecule has 1 saturated carbocycles. The van der Waals surface area contributed by atoms with E-state index < -0.39 is 5.97 Å². The highest BCUT2D eigenvalue weighted by Gasteiger charge is 2.40. The zero-order chi connectivity index (χ0) is 14.1. The second-order valence-electron chi connectivity index (χ2n) is 5.52. The van der Waals surface area contributed by atoms with Gasteiger partial charge >= 0.3 is 12.0 Å². The van der Waals surface area contributed by atoms with Crippen LogP contribution in [0.3, 0.4) is 0 Å². The van der Waals surface area contributed by atoms with Gasteiger partial charge in [-0.3, -0.25) is 0 Å². The lowest BCUT2D eigenvalue weighted by Crippen LogP contribution is -2.45. The number of nitrogens with one attached hydrogen (secondary N) is 1. The third kappa shape index (κ3) is 2.48. The van der Waals surface area contributed by atoms with Crippen LogP contribution in [0.25, 0.3) is 0 Å². The largest absolute Gasteiger partial charge is 0.476 e. The zero-order valence-electron chi connectivity index (χ0n) is 11.2. The first kappa shape index (κ1) is 13.0. The summed E-state index contributed by atoms with van der Waals surface area (Å²) in [6.07, 6.45) is 6.46. The minimum Gasteiger partial charge on any atom is -0.476 e. The predicted octanol–water partition coefficient (Wildman–Crippen LogP) is 0.775. The molecule has 2 fully saturated rings. The summed E-state index contributed by atoms with van der Waals surface area (Å²) in [5.41, 5.74) is 0.0215. The van der Waals surface area contributed by atoms with E-state index in [0.29, 0.717) is 25.0 Å². The van der Waals surface area contributed by atoms with Crippen LogP contribution in [0.15, 0.2) is 12.5 Å². The number of piperidine rings is 1. The summed E-state index contributed by atoms with van der Waals surface area (Å²) in [4.78, 5) is 28.4. The molecule has 108 valence electrons. The first-order valence-electron chi connectivity index (χ1n) is 6.93. The van der Waals surface area contributed by atoms with E-state index in [0.717, 1.165) is 19.4 Å². The molecule has 2 aliphatic rings. The van der Waals surface area contributed by atoms with Crippen LogP contribution in [0.1, 0.15) is 29.8 Å². The number of carbonyl (C=O) groups is 2. The minimum absolute atomic E-state index is 0.00391. The maximum absolute atomic E-state index is 12.0. The van der Waals surface area contributed by atoms with Gasteiger partial charge in [-0.05, 0) is 25.2 Å². The Labute approximate surface area is 116 Å². The van der Waals surface area contributed by atoms with Crippen LogP contribution in [0, 0.1) is 5.92 Å². The van der Waals surface area contributed by atoms with Crippen molar-refractivity contribution in [1.29, 1.82) is 0 Å². The molecule has 1 saturated heterocycles. The lowest BCUT2D eigenvalue weighted by molar-refractivity contribution is 0.0691. The van der Waals surface area contributed by atoms with Crippen LogP contribution in [-0.2, 0) is 6.54 Å². The number of nitrogens with zero attached hydrogens (tertiary/aromatic N) is 3. The van der Waals surface area contributed by atoms with Gasteiger partial charge in [0.25, 0.3) is 0 Å². The van der Waals surface area contributed by atoms with E-state index in [-0.39, 0.29) is 11.7 Å². The molecule has 3 rings (SSSR count). The Morgan fingerprint density at radius 1 is 1.45 bits per heavy atom. The van der Waals surface area contributed by atoms with E-state index in [2.05, 4.69) is 10.3 Å². The molecule has 2 N–H and O–H groups in total. The fourth-order valence-corrected chi connectivity index (χ4v) is 3.16. The average Bonchev–Trinajstić information content (AvgIpc) is 3.14. The van der Waals surface area contributed by atoms with Crippen molar-refractivity contribution in [3.05, 3.63) is 18.2 Å². The zero-order valence-corrected chi connectivity index (χ0v) is 11.2. The van der Waals surface area contributed by atoms with Crippen molar-refractivity contribution in [2.24, 2.45) is 5.92 Å². The number of likely N-dealkylation sites (tertiary alicyclic amines) is 1. The van der Waals surface area contributed by atoms with E-state index in [1.807, 2.05) is 4.90 Å². The van der Waals surface area contributed by atoms with E-state index in [4.69, 9.17) is 5.11 Å². The van der Waals surface area contributed by atoms with Gasteiger partial charge in [-0.15, -0.1) is 0 Å². The minimum atomic E-state index is -1.04. The number of urea groups is 1. The highest BCUT2D eigenvalue weighted by Crippen LogP contribution is 2.37. The van der Waals surface area contributed by atoms with Gasteiger partial charge in [0.05, 0.1) is 6.33 Å². The highest BCUT2D eigenvalue weighted by atomic mass is 16.4. The predicted molar refractivity (Wildman–Crippen MR) is 70.4 cm³/mol. The van der Waals surface area contributed by atoms with Crippen LogP contribution < -0.4 is 5.32 Å². The van der Waals surface area contributed by atoms with Crippen molar-refractivity contribution in [2.75, 3.05) is 13.1 Å². The number of carbonyl (C=O) groups excluding carboxylic acids is 1. The van der Waals surface area contributed by atoms with Crippen molar-refractivity contribution < 1.29 is 14.7 Å². The third-order valence-electron chi connectivity index (χ3n) is 4.17. The van der Waals surface area contributed by atoms with Gasteiger partial charge in [-0.2, -0.15) is 0 Å². The summed E-state index contributed by atoms with van der Waals surface area (Å²) < 4.78 is 1.67. The van der Waals surface area contributed by atoms with E-state index >= 15 is 0 Å². The fraction of sp³-hybridized carbons (Fsp3) is 0.615. The van der Waals surface area contributed by atoms with Gasteiger partial charge in [0, 0.05) is 31.9 Å². The summed E-state index contributed by atoms with van der Waals surface area (Å²) in [5.74, 6) is -0.349. The van der Waals surface area contributed by atoms with Gasteiger partial charge in [-0.25, -0.2) is 14.6 Å². The van der Waals surface area contributed by atoms with Gasteiger partial charge in [0.2, 0.25) is 0 Å². The molecule has 2 unspecified atom stereocenters. The number of rotatable bonds is 4. The van der Waals surface area contributed by atoms with Crippen LogP contribution in [0.2, 0.25) is 0 Å². The van der Waals surface area contributed by atoms with Crippen LogP contribution >= 0.6 is 0 Å². The van der Waals surface area contributed by atoms with Crippen molar-refractivity contribution in [1.82, 2.24) is 19.8 Å². The molecule has 0 spiro atoms. The lowest BCUT2D eigenvalue weighted by atomic mass is 10.1. The molecular weight excluding hydrogens is 260 g/mol. The molecule has 0 aromatic carbocycles. The monoisotopic (exact) mass is 278 g/mol. The molecule has 1 aromatic rings. The van der Waals surface area contributed by atoms with E-state index in [9.17, 15) is 9.59 Å². The molecule has 7 heteroatoms. The Kier molecular flexibility index (Phi) is 3.33. The number of amides is 2. The first-order valence-corrected chi connectivity index (χ1v) is 6.93.